The van der Waals surface area contributed by atoms with E-state index in [0.29, 0.717) is 46.8 Å². The van der Waals surface area contributed by atoms with Gasteiger partial charge < -0.3 is 24.8 Å². The zero-order valence-corrected chi connectivity index (χ0v) is 34.5. The molecule has 1 aliphatic carbocycles. The third-order valence-electron chi connectivity index (χ3n) is 13.5. The van der Waals surface area contributed by atoms with Gasteiger partial charge in [0.15, 0.2) is 0 Å². The summed E-state index contributed by atoms with van der Waals surface area (Å²) >= 11 is 6.16. The lowest BCUT2D eigenvalue weighted by atomic mass is 9.71. The van der Waals surface area contributed by atoms with Gasteiger partial charge in [0, 0.05) is 58.3 Å². The number of piperidine rings is 3. The van der Waals surface area contributed by atoms with Crippen LogP contribution in [-0.4, -0.2) is 113 Å². The van der Waals surface area contributed by atoms with Gasteiger partial charge in [-0.05, 0) is 93.4 Å². The molecule has 5 amide bonds. The first-order valence-corrected chi connectivity index (χ1v) is 21.6. The van der Waals surface area contributed by atoms with E-state index in [9.17, 15) is 24.0 Å². The molecule has 318 valence electrons. The second kappa shape index (κ2) is 16.7. The van der Waals surface area contributed by atoms with Gasteiger partial charge in [0.1, 0.15) is 29.1 Å². The largest absolute Gasteiger partial charge is 0.490 e. The van der Waals surface area contributed by atoms with Crippen molar-refractivity contribution in [1.29, 1.82) is 0 Å². The van der Waals surface area contributed by atoms with Crippen LogP contribution in [0, 0.1) is 23.7 Å². The van der Waals surface area contributed by atoms with Crippen molar-refractivity contribution in [3.8, 4) is 5.75 Å². The van der Waals surface area contributed by atoms with Crippen molar-refractivity contribution in [2.75, 3.05) is 55.6 Å². The predicted octanol–water partition coefficient (Wildman–Crippen LogP) is 5.16. The monoisotopic (exact) mass is 851 g/mol. The summed E-state index contributed by atoms with van der Waals surface area (Å²) in [5, 5.41) is 5.67. The normalized spacial score (nSPS) is 24.3. The van der Waals surface area contributed by atoms with E-state index in [2.05, 4.69) is 35.2 Å². The Morgan fingerprint density at radius 1 is 0.918 bits per heavy atom. The number of ether oxygens (including phenoxy) is 1. The van der Waals surface area contributed by atoms with Gasteiger partial charge in [0.05, 0.1) is 46.9 Å². The van der Waals surface area contributed by atoms with Crippen molar-refractivity contribution >= 4 is 58.3 Å². The number of imide groups is 2. The molecule has 2 N–H and O–H groups in total. The number of hydrogen-bond acceptors (Lipinski definition) is 11. The lowest BCUT2D eigenvalue weighted by Gasteiger charge is -2.55. The summed E-state index contributed by atoms with van der Waals surface area (Å²) in [7, 11) is 0. The highest BCUT2D eigenvalue weighted by Gasteiger charge is 2.48. The van der Waals surface area contributed by atoms with E-state index in [1.54, 1.807) is 30.6 Å². The number of benzene rings is 2. The van der Waals surface area contributed by atoms with Crippen LogP contribution in [-0.2, 0) is 9.59 Å². The molecule has 1 unspecified atom stereocenters. The number of carbonyl (C=O) groups excluding carboxylic acids is 5. The Balaban J connectivity index is 0.692. The Bertz CT molecular complexity index is 2290. The average Bonchev–Trinajstić information content (AvgIpc) is 3.48. The molecule has 0 radical (unpaired) electrons. The molecular weight excluding hydrogens is 805 g/mol. The van der Waals surface area contributed by atoms with Crippen LogP contribution in [0.2, 0.25) is 5.02 Å². The molecule has 5 fully saturated rings. The lowest BCUT2D eigenvalue weighted by Crippen LogP contribution is -2.61. The fraction of sp³-hybridized carbons (Fsp3) is 0.500. The zero-order valence-electron chi connectivity index (χ0n) is 33.7. The van der Waals surface area contributed by atoms with Gasteiger partial charge in [-0.2, -0.15) is 0 Å². The maximum absolute atomic E-state index is 15.5. The summed E-state index contributed by atoms with van der Waals surface area (Å²) in [6.45, 7) is 13.2. The van der Waals surface area contributed by atoms with Gasteiger partial charge in [0.2, 0.25) is 17.5 Å². The molecule has 6 heterocycles. The summed E-state index contributed by atoms with van der Waals surface area (Å²) < 4.78 is 21.6. The molecular formula is C44H47ClFN9O6. The minimum absolute atomic E-state index is 0.0191. The smallest absolute Gasteiger partial charge is 0.271 e. The van der Waals surface area contributed by atoms with E-state index in [1.165, 1.54) is 6.07 Å². The van der Waals surface area contributed by atoms with Crippen LogP contribution < -0.4 is 25.2 Å². The fourth-order valence-corrected chi connectivity index (χ4v) is 10.2. The van der Waals surface area contributed by atoms with Gasteiger partial charge in [-0.25, -0.2) is 19.2 Å². The number of amides is 5. The van der Waals surface area contributed by atoms with Crippen molar-refractivity contribution in [3.63, 3.8) is 0 Å². The number of anilines is 2. The van der Waals surface area contributed by atoms with E-state index < -0.39 is 35.5 Å². The van der Waals surface area contributed by atoms with Gasteiger partial charge >= 0.3 is 0 Å². The molecule has 1 spiro atoms. The average molecular weight is 852 g/mol. The minimum atomic E-state index is -1.09. The Kier molecular flexibility index (Phi) is 11.1. The molecule has 5 aliphatic heterocycles. The SMILES string of the molecule is [C-]#[N+]c1ccc(OC2CCC(NC(=O)c3cnc(N4CCC(CN5CC6(CCN(c7cc8c(cc7F)C(=O)N(C7CCC(=O)NC7=O)C8=O)CC6)C5)CC4)cn3)CC2)cc1Cl. The van der Waals surface area contributed by atoms with Crippen molar-refractivity contribution in [3.05, 3.63) is 81.8 Å². The number of rotatable bonds is 9. The number of aromatic nitrogens is 2. The van der Waals surface area contributed by atoms with E-state index in [0.717, 1.165) is 101 Å². The highest BCUT2D eigenvalue weighted by molar-refractivity contribution is 6.33. The Labute approximate surface area is 357 Å². The Morgan fingerprint density at radius 2 is 1.64 bits per heavy atom. The highest BCUT2D eigenvalue weighted by Crippen LogP contribution is 2.43. The molecule has 1 aromatic heterocycles. The summed E-state index contributed by atoms with van der Waals surface area (Å²) in [4.78, 5) is 83.6. The van der Waals surface area contributed by atoms with Crippen molar-refractivity contribution in [2.45, 2.75) is 82.4 Å². The molecule has 15 nitrogen and oxygen atoms in total. The molecule has 2 aromatic carbocycles. The minimum Gasteiger partial charge on any atom is -0.490 e. The summed E-state index contributed by atoms with van der Waals surface area (Å²) in [6.07, 6.45) is 10.3. The van der Waals surface area contributed by atoms with Crippen LogP contribution in [0.4, 0.5) is 21.6 Å². The first kappa shape index (κ1) is 40.7. The number of nitrogens with zero attached hydrogens (tertiary/aromatic N) is 7. The van der Waals surface area contributed by atoms with Crippen LogP contribution in [0.1, 0.15) is 95.4 Å². The van der Waals surface area contributed by atoms with Crippen LogP contribution in [0.15, 0.2) is 42.7 Å². The van der Waals surface area contributed by atoms with Crippen molar-refractivity contribution in [1.82, 2.24) is 30.4 Å². The van der Waals surface area contributed by atoms with Crippen LogP contribution in [0.25, 0.3) is 4.85 Å². The molecule has 1 saturated carbocycles. The predicted molar refractivity (Wildman–Crippen MR) is 222 cm³/mol. The maximum atomic E-state index is 15.5. The molecule has 6 aliphatic rings. The van der Waals surface area contributed by atoms with Gasteiger partial charge in [0.25, 0.3) is 17.7 Å². The number of fused-ring (bicyclic) bond motifs is 1. The van der Waals surface area contributed by atoms with Crippen LogP contribution in [0.3, 0.4) is 0 Å². The van der Waals surface area contributed by atoms with E-state index in [-0.39, 0.29) is 47.4 Å². The summed E-state index contributed by atoms with van der Waals surface area (Å²) in [5.74, 6) is -1.31. The first-order valence-electron chi connectivity index (χ1n) is 21.2. The van der Waals surface area contributed by atoms with E-state index in [4.69, 9.17) is 22.9 Å². The molecule has 17 heteroatoms. The third kappa shape index (κ3) is 8.25. The number of halogens is 2. The molecule has 4 saturated heterocycles. The number of hydrogen-bond donors (Lipinski definition) is 2. The third-order valence-corrected chi connectivity index (χ3v) is 13.8. The molecule has 9 rings (SSSR count). The van der Waals surface area contributed by atoms with E-state index >= 15 is 4.39 Å². The Hall–Kier alpha value is -5.66. The quantitative estimate of drug-likeness (QED) is 0.216. The zero-order chi connectivity index (χ0) is 42.4. The summed E-state index contributed by atoms with van der Waals surface area (Å²) in [5.41, 5.74) is 1.20. The van der Waals surface area contributed by atoms with Gasteiger partial charge in [-0.1, -0.05) is 17.7 Å². The molecule has 1 atom stereocenters. The number of carbonyl (C=O) groups is 5. The summed E-state index contributed by atoms with van der Waals surface area (Å²) in [6, 6.07) is 6.60. The fourth-order valence-electron chi connectivity index (χ4n) is 10.0. The topological polar surface area (TPSA) is 162 Å². The van der Waals surface area contributed by atoms with Crippen molar-refractivity contribution < 1.29 is 33.1 Å². The first-order chi connectivity index (χ1) is 29.5. The van der Waals surface area contributed by atoms with Gasteiger partial charge in [-0.3, -0.25) is 34.2 Å². The molecule has 0 bridgehead atoms. The second-order valence-corrected chi connectivity index (χ2v) is 17.8. The number of nitrogens with one attached hydrogen (secondary N) is 2. The highest BCUT2D eigenvalue weighted by atomic mass is 35.5. The lowest BCUT2D eigenvalue weighted by molar-refractivity contribution is -0.136. The van der Waals surface area contributed by atoms with Crippen molar-refractivity contribution in [2.24, 2.45) is 11.3 Å². The molecule has 61 heavy (non-hydrogen) atoms. The standard InChI is InChI=1S/C44H47ClFN9O6/c1-47-34-7-6-29(18-32(34)45)61-28-4-2-27(3-5-28)50-40(57)35-21-49-38(22-48-35)54-14-10-26(11-15-54)23-52-24-44(25-52)12-16-53(17-13-44)37-20-31-30(19-33(37)46)42(59)55(43(31)60)36-8-9-39(56)51-41(36)58/h6-7,18-22,26-28,36H,2-5,8-17,23-25H2,(H,50,57)(H,51,56,58). The van der Waals surface area contributed by atoms with E-state index in [1.807, 2.05) is 4.90 Å². The van der Waals surface area contributed by atoms with Crippen LogP contribution in [0.5, 0.6) is 5.75 Å². The van der Waals surface area contributed by atoms with Crippen LogP contribution >= 0.6 is 11.6 Å². The number of likely N-dealkylation sites (tertiary alicyclic amines) is 1. The molecule has 3 aromatic rings. The van der Waals surface area contributed by atoms with Gasteiger partial charge in [-0.15, -0.1) is 0 Å². The Morgan fingerprint density at radius 3 is 2.30 bits per heavy atom. The second-order valence-electron chi connectivity index (χ2n) is 17.4. The maximum Gasteiger partial charge on any atom is 0.271 e.